The van der Waals surface area contributed by atoms with Crippen LogP contribution in [0, 0.1) is 5.92 Å². The summed E-state index contributed by atoms with van der Waals surface area (Å²) in [6.07, 6.45) is 2.36. The Bertz CT molecular complexity index is 125. The van der Waals surface area contributed by atoms with Crippen molar-refractivity contribution < 1.29 is 4.74 Å². The topological polar surface area (TPSA) is 21.6 Å². The van der Waals surface area contributed by atoms with E-state index in [0.717, 1.165) is 0 Å². The normalized spacial score (nSPS) is 14.7. The molecule has 0 saturated carbocycles. The standard InChI is InChI=1S/C8H16ClNO/c1-4-5-7(2)6-11-8(9)10-3/h7H,4-6H2,1-3H3. The van der Waals surface area contributed by atoms with E-state index in [-0.39, 0.29) is 5.36 Å². The molecule has 0 aliphatic carbocycles. The monoisotopic (exact) mass is 177 g/mol. The van der Waals surface area contributed by atoms with Crippen molar-refractivity contribution in [3.63, 3.8) is 0 Å². The predicted octanol–water partition coefficient (Wildman–Crippen LogP) is 2.66. The van der Waals surface area contributed by atoms with Crippen molar-refractivity contribution in [2.24, 2.45) is 10.9 Å². The van der Waals surface area contributed by atoms with Crippen LogP contribution in [-0.4, -0.2) is 19.0 Å². The Kier molecular flexibility index (Phi) is 6.33. The zero-order valence-corrected chi connectivity index (χ0v) is 8.19. The van der Waals surface area contributed by atoms with E-state index in [1.165, 1.54) is 12.8 Å². The van der Waals surface area contributed by atoms with Crippen LogP contribution in [-0.2, 0) is 4.74 Å². The van der Waals surface area contributed by atoms with Crippen LogP contribution in [0.5, 0.6) is 0 Å². The summed E-state index contributed by atoms with van der Waals surface area (Å²) in [5, 5.41) is 0.257. The molecule has 0 radical (unpaired) electrons. The van der Waals surface area contributed by atoms with Crippen LogP contribution >= 0.6 is 11.6 Å². The molecule has 1 unspecified atom stereocenters. The van der Waals surface area contributed by atoms with Crippen LogP contribution in [0.15, 0.2) is 4.99 Å². The second-order valence-corrected chi connectivity index (χ2v) is 3.00. The third kappa shape index (κ3) is 6.17. The zero-order chi connectivity index (χ0) is 8.69. The van der Waals surface area contributed by atoms with Crippen LogP contribution < -0.4 is 0 Å². The minimum Gasteiger partial charge on any atom is -0.469 e. The molecule has 66 valence electrons. The van der Waals surface area contributed by atoms with Gasteiger partial charge < -0.3 is 4.74 Å². The van der Waals surface area contributed by atoms with E-state index < -0.39 is 0 Å². The largest absolute Gasteiger partial charge is 0.469 e. The third-order valence-corrected chi connectivity index (χ3v) is 1.72. The SMILES string of the molecule is CCCC(C)COC(Cl)=NC. The number of nitrogens with zero attached hydrogens (tertiary/aromatic N) is 1. The predicted molar refractivity (Wildman–Crippen MR) is 49.2 cm³/mol. The number of hydrogen-bond donors (Lipinski definition) is 0. The molecular formula is C8H16ClNO. The average molecular weight is 178 g/mol. The lowest BCUT2D eigenvalue weighted by Gasteiger charge is -2.09. The van der Waals surface area contributed by atoms with Gasteiger partial charge in [-0.05, 0) is 23.9 Å². The summed E-state index contributed by atoms with van der Waals surface area (Å²) in [7, 11) is 1.62. The summed E-state index contributed by atoms with van der Waals surface area (Å²) in [6.45, 7) is 4.97. The van der Waals surface area contributed by atoms with Crippen molar-refractivity contribution >= 4 is 17.0 Å². The van der Waals surface area contributed by atoms with Crippen LogP contribution in [0.25, 0.3) is 0 Å². The molecule has 0 amide bonds. The van der Waals surface area contributed by atoms with Gasteiger partial charge in [0.25, 0.3) is 5.36 Å². The minimum absolute atomic E-state index is 0.257. The maximum absolute atomic E-state index is 5.54. The van der Waals surface area contributed by atoms with Gasteiger partial charge in [-0.2, -0.15) is 0 Å². The lowest BCUT2D eigenvalue weighted by Crippen LogP contribution is -2.07. The molecule has 3 heteroatoms. The molecule has 11 heavy (non-hydrogen) atoms. The maximum atomic E-state index is 5.54. The van der Waals surface area contributed by atoms with E-state index in [1.807, 2.05) is 0 Å². The van der Waals surface area contributed by atoms with Crippen molar-refractivity contribution in [3.8, 4) is 0 Å². The van der Waals surface area contributed by atoms with E-state index >= 15 is 0 Å². The summed E-state index contributed by atoms with van der Waals surface area (Å²) >= 11 is 5.54. The molecule has 0 aromatic rings. The van der Waals surface area contributed by atoms with Crippen molar-refractivity contribution in [2.75, 3.05) is 13.7 Å². The molecule has 0 fully saturated rings. The Hall–Kier alpha value is -0.240. The average Bonchev–Trinajstić information content (AvgIpc) is 2.01. The fourth-order valence-corrected chi connectivity index (χ4v) is 0.915. The smallest absolute Gasteiger partial charge is 0.281 e. The van der Waals surface area contributed by atoms with Gasteiger partial charge in [0.15, 0.2) is 0 Å². The molecule has 0 bridgehead atoms. The van der Waals surface area contributed by atoms with Crippen LogP contribution in [0.2, 0.25) is 0 Å². The van der Waals surface area contributed by atoms with Crippen LogP contribution in [0.4, 0.5) is 0 Å². The van der Waals surface area contributed by atoms with Gasteiger partial charge in [-0.3, -0.25) is 0 Å². The van der Waals surface area contributed by atoms with Gasteiger partial charge >= 0.3 is 0 Å². The van der Waals surface area contributed by atoms with E-state index in [9.17, 15) is 0 Å². The van der Waals surface area contributed by atoms with Gasteiger partial charge in [-0.15, -0.1) is 0 Å². The van der Waals surface area contributed by atoms with Crippen molar-refractivity contribution in [2.45, 2.75) is 26.7 Å². The van der Waals surface area contributed by atoms with E-state index in [1.54, 1.807) is 7.05 Å². The summed E-state index contributed by atoms with van der Waals surface area (Å²) < 4.78 is 5.12. The summed E-state index contributed by atoms with van der Waals surface area (Å²) in [4.78, 5) is 3.68. The molecule has 0 aliphatic heterocycles. The molecule has 2 nitrogen and oxygen atoms in total. The van der Waals surface area contributed by atoms with Crippen molar-refractivity contribution in [1.82, 2.24) is 0 Å². The summed E-state index contributed by atoms with van der Waals surface area (Å²) in [5.74, 6) is 0.565. The summed E-state index contributed by atoms with van der Waals surface area (Å²) in [5.41, 5.74) is 0. The first-order valence-electron chi connectivity index (χ1n) is 3.95. The Labute approximate surface area is 73.6 Å². The number of hydrogen-bond acceptors (Lipinski definition) is 2. The quantitative estimate of drug-likeness (QED) is 0.478. The second-order valence-electron chi connectivity index (χ2n) is 2.68. The van der Waals surface area contributed by atoms with Crippen LogP contribution in [0.3, 0.4) is 0 Å². The molecule has 0 heterocycles. The highest BCUT2D eigenvalue weighted by molar-refractivity contribution is 6.62. The van der Waals surface area contributed by atoms with E-state index in [2.05, 4.69) is 18.8 Å². The fraction of sp³-hybridized carbons (Fsp3) is 0.875. The van der Waals surface area contributed by atoms with Gasteiger partial charge in [0.1, 0.15) is 0 Å². The first-order chi connectivity index (χ1) is 5.20. The lowest BCUT2D eigenvalue weighted by molar-refractivity contribution is 0.246. The maximum Gasteiger partial charge on any atom is 0.281 e. The Morgan fingerprint density at radius 3 is 2.73 bits per heavy atom. The molecule has 0 aromatic heterocycles. The van der Waals surface area contributed by atoms with Crippen molar-refractivity contribution in [3.05, 3.63) is 0 Å². The molecule has 0 N–H and O–H groups in total. The van der Waals surface area contributed by atoms with E-state index in [0.29, 0.717) is 12.5 Å². The Morgan fingerprint density at radius 1 is 1.64 bits per heavy atom. The molecule has 0 spiro atoms. The molecule has 0 saturated heterocycles. The van der Waals surface area contributed by atoms with Gasteiger partial charge in [-0.1, -0.05) is 20.3 Å². The molecule has 0 aromatic carbocycles. The first-order valence-corrected chi connectivity index (χ1v) is 4.33. The Morgan fingerprint density at radius 2 is 2.27 bits per heavy atom. The number of halogens is 1. The van der Waals surface area contributed by atoms with Gasteiger partial charge in [0, 0.05) is 7.05 Å². The highest BCUT2D eigenvalue weighted by atomic mass is 35.5. The first kappa shape index (κ1) is 10.8. The van der Waals surface area contributed by atoms with Gasteiger partial charge in [0.05, 0.1) is 6.61 Å². The molecule has 0 aliphatic rings. The van der Waals surface area contributed by atoms with E-state index in [4.69, 9.17) is 16.3 Å². The number of aliphatic imine (C=N–C) groups is 1. The number of rotatable bonds is 4. The molecule has 0 rings (SSSR count). The van der Waals surface area contributed by atoms with Gasteiger partial charge in [0.2, 0.25) is 0 Å². The second kappa shape index (κ2) is 6.47. The molecular weight excluding hydrogens is 162 g/mol. The van der Waals surface area contributed by atoms with Crippen LogP contribution in [0.1, 0.15) is 26.7 Å². The Balaban J connectivity index is 3.37. The highest BCUT2D eigenvalue weighted by Crippen LogP contribution is 2.05. The lowest BCUT2D eigenvalue weighted by atomic mass is 10.1. The molecule has 1 atom stereocenters. The summed E-state index contributed by atoms with van der Waals surface area (Å²) in [6, 6.07) is 0. The number of ether oxygens (including phenoxy) is 1. The zero-order valence-electron chi connectivity index (χ0n) is 7.43. The fourth-order valence-electron chi connectivity index (χ4n) is 0.852. The van der Waals surface area contributed by atoms with Gasteiger partial charge in [-0.25, -0.2) is 4.99 Å². The third-order valence-electron chi connectivity index (χ3n) is 1.44. The minimum atomic E-state index is 0.257. The van der Waals surface area contributed by atoms with Crippen molar-refractivity contribution in [1.29, 1.82) is 0 Å². The highest BCUT2D eigenvalue weighted by Gasteiger charge is 2.01.